The first-order valence-electron chi connectivity index (χ1n) is 6.29. The number of amides is 1. The van der Waals surface area contributed by atoms with Gasteiger partial charge in [-0.15, -0.1) is 0 Å². The molecular formula is C15H23NO2. The molecule has 0 saturated heterocycles. The average molecular weight is 249 g/mol. The minimum Gasteiger partial charge on any atom is -0.375 e. The Morgan fingerprint density at radius 3 is 2.50 bits per heavy atom. The van der Waals surface area contributed by atoms with Gasteiger partial charge in [0.15, 0.2) is 0 Å². The molecule has 1 rings (SSSR count). The maximum atomic E-state index is 11.4. The van der Waals surface area contributed by atoms with Gasteiger partial charge < -0.3 is 10.1 Å². The molecule has 0 unspecified atom stereocenters. The molecule has 1 aromatic carbocycles. The summed E-state index contributed by atoms with van der Waals surface area (Å²) in [5.41, 5.74) is 1.33. The molecule has 3 heteroatoms. The summed E-state index contributed by atoms with van der Waals surface area (Å²) in [6.07, 6.45) is 0.895. The van der Waals surface area contributed by atoms with Crippen LogP contribution in [0.4, 0.5) is 0 Å². The lowest BCUT2D eigenvalue weighted by Crippen LogP contribution is -2.38. The molecule has 0 bridgehead atoms. The number of hydrogen-bond donors (Lipinski definition) is 1. The van der Waals surface area contributed by atoms with Crippen molar-refractivity contribution >= 4 is 5.91 Å². The van der Waals surface area contributed by atoms with Crippen molar-refractivity contribution in [2.45, 2.75) is 38.6 Å². The van der Waals surface area contributed by atoms with Crippen molar-refractivity contribution in [2.75, 3.05) is 13.7 Å². The topological polar surface area (TPSA) is 38.3 Å². The van der Waals surface area contributed by atoms with Crippen molar-refractivity contribution in [1.29, 1.82) is 0 Å². The van der Waals surface area contributed by atoms with Gasteiger partial charge in [-0.05, 0) is 24.3 Å². The maximum absolute atomic E-state index is 11.4. The number of carbonyl (C=O) groups excluding carboxylic acids is 1. The van der Waals surface area contributed by atoms with E-state index in [1.54, 1.807) is 0 Å². The van der Waals surface area contributed by atoms with Gasteiger partial charge in [0.1, 0.15) is 6.61 Å². The van der Waals surface area contributed by atoms with Crippen LogP contribution in [-0.2, 0) is 14.9 Å². The molecule has 18 heavy (non-hydrogen) atoms. The molecule has 0 aliphatic rings. The van der Waals surface area contributed by atoms with Crippen molar-refractivity contribution in [3.8, 4) is 0 Å². The van der Waals surface area contributed by atoms with Crippen LogP contribution in [0.15, 0.2) is 30.3 Å². The molecule has 1 amide bonds. The fourth-order valence-electron chi connectivity index (χ4n) is 2.27. The van der Waals surface area contributed by atoms with E-state index in [4.69, 9.17) is 4.74 Å². The molecule has 100 valence electrons. The zero-order valence-corrected chi connectivity index (χ0v) is 11.7. The van der Waals surface area contributed by atoms with Gasteiger partial charge in [0.2, 0.25) is 5.91 Å². The number of carbonyl (C=O) groups is 1. The van der Waals surface area contributed by atoms with Crippen molar-refractivity contribution in [3.05, 3.63) is 35.9 Å². The molecule has 0 fully saturated rings. The van der Waals surface area contributed by atoms with Gasteiger partial charge in [-0.2, -0.15) is 0 Å². The summed E-state index contributed by atoms with van der Waals surface area (Å²) in [7, 11) is 1.53. The van der Waals surface area contributed by atoms with E-state index in [0.717, 1.165) is 6.42 Å². The van der Waals surface area contributed by atoms with Crippen LogP contribution in [0.2, 0.25) is 0 Å². The summed E-state index contributed by atoms with van der Waals surface area (Å²) in [6, 6.07) is 10.5. The Morgan fingerprint density at radius 1 is 1.33 bits per heavy atom. The second-order valence-corrected chi connectivity index (χ2v) is 5.36. The number of hydrogen-bond acceptors (Lipinski definition) is 2. The van der Waals surface area contributed by atoms with Crippen LogP contribution in [0.25, 0.3) is 0 Å². The summed E-state index contributed by atoms with van der Waals surface area (Å²) >= 11 is 0. The monoisotopic (exact) mass is 249 g/mol. The highest BCUT2D eigenvalue weighted by atomic mass is 16.5. The number of ether oxygens (including phenoxy) is 1. The third-order valence-electron chi connectivity index (χ3n) is 3.05. The minimum absolute atomic E-state index is 0.0427. The summed E-state index contributed by atoms with van der Waals surface area (Å²) in [6.45, 7) is 6.54. The Morgan fingerprint density at radius 2 is 1.94 bits per heavy atom. The largest absolute Gasteiger partial charge is 0.375 e. The van der Waals surface area contributed by atoms with E-state index in [0.29, 0.717) is 0 Å². The van der Waals surface area contributed by atoms with Gasteiger partial charge >= 0.3 is 0 Å². The van der Waals surface area contributed by atoms with Crippen LogP contribution in [0.5, 0.6) is 0 Å². The third kappa shape index (κ3) is 4.49. The van der Waals surface area contributed by atoms with E-state index in [9.17, 15) is 4.79 Å². The van der Waals surface area contributed by atoms with E-state index in [1.165, 1.54) is 12.7 Å². The maximum Gasteiger partial charge on any atom is 0.246 e. The summed E-state index contributed by atoms with van der Waals surface area (Å²) in [4.78, 5) is 11.4. The molecule has 1 atom stereocenters. The van der Waals surface area contributed by atoms with Gasteiger partial charge in [-0.3, -0.25) is 4.79 Å². The van der Waals surface area contributed by atoms with Crippen LogP contribution in [-0.4, -0.2) is 25.7 Å². The smallest absolute Gasteiger partial charge is 0.246 e. The number of nitrogens with one attached hydrogen (secondary N) is 1. The molecule has 1 aromatic rings. The highest BCUT2D eigenvalue weighted by molar-refractivity contribution is 5.77. The summed E-state index contributed by atoms with van der Waals surface area (Å²) in [5.74, 6) is -0.0612. The van der Waals surface area contributed by atoms with E-state index in [-0.39, 0.29) is 24.0 Å². The molecule has 0 aromatic heterocycles. The first kappa shape index (κ1) is 14.7. The van der Waals surface area contributed by atoms with Crippen molar-refractivity contribution in [3.63, 3.8) is 0 Å². The quantitative estimate of drug-likeness (QED) is 0.841. The lowest BCUT2D eigenvalue weighted by molar-refractivity contribution is -0.125. The standard InChI is InChI=1S/C15H23NO2/c1-12(16-14(17)11-18-4)10-15(2,3)13-8-6-5-7-9-13/h5-9,12H,10-11H2,1-4H3,(H,16,17)/t12-/m1/s1. The van der Waals surface area contributed by atoms with E-state index >= 15 is 0 Å². The first-order valence-corrected chi connectivity index (χ1v) is 6.29. The van der Waals surface area contributed by atoms with Crippen LogP contribution in [0.3, 0.4) is 0 Å². The van der Waals surface area contributed by atoms with E-state index in [1.807, 2.05) is 25.1 Å². The van der Waals surface area contributed by atoms with Crippen molar-refractivity contribution in [1.82, 2.24) is 5.32 Å². The van der Waals surface area contributed by atoms with Gasteiger partial charge in [0, 0.05) is 13.2 Å². The van der Waals surface area contributed by atoms with Gasteiger partial charge in [0.05, 0.1) is 0 Å². The predicted octanol–water partition coefficient (Wildman–Crippen LogP) is 2.51. The predicted molar refractivity (Wildman–Crippen MR) is 73.6 cm³/mol. The number of benzene rings is 1. The minimum atomic E-state index is -0.0612. The second kappa shape index (κ2) is 6.55. The Bertz CT molecular complexity index is 373. The molecule has 3 nitrogen and oxygen atoms in total. The normalized spacial score (nSPS) is 13.1. The fraction of sp³-hybridized carbons (Fsp3) is 0.533. The zero-order chi connectivity index (χ0) is 13.6. The molecule has 0 spiro atoms. The highest BCUT2D eigenvalue weighted by Gasteiger charge is 2.23. The highest BCUT2D eigenvalue weighted by Crippen LogP contribution is 2.27. The number of methoxy groups -OCH3 is 1. The first-order chi connectivity index (χ1) is 8.45. The Balaban J connectivity index is 2.58. The molecule has 0 saturated carbocycles. The van der Waals surface area contributed by atoms with Crippen molar-refractivity contribution in [2.24, 2.45) is 0 Å². The van der Waals surface area contributed by atoms with Crippen LogP contribution in [0.1, 0.15) is 32.8 Å². The van der Waals surface area contributed by atoms with Crippen LogP contribution < -0.4 is 5.32 Å². The Kier molecular flexibility index (Phi) is 5.35. The third-order valence-corrected chi connectivity index (χ3v) is 3.05. The average Bonchev–Trinajstić information content (AvgIpc) is 2.29. The molecule has 1 N–H and O–H groups in total. The fourth-order valence-corrected chi connectivity index (χ4v) is 2.27. The lowest BCUT2D eigenvalue weighted by atomic mass is 9.79. The van der Waals surface area contributed by atoms with E-state index < -0.39 is 0 Å². The Labute approximate surface area is 110 Å². The molecule has 0 aliphatic heterocycles. The second-order valence-electron chi connectivity index (χ2n) is 5.36. The molecule has 0 aliphatic carbocycles. The molecular weight excluding hydrogens is 226 g/mol. The number of rotatable bonds is 6. The zero-order valence-electron chi connectivity index (χ0n) is 11.7. The Hall–Kier alpha value is -1.35. The van der Waals surface area contributed by atoms with Gasteiger partial charge in [-0.1, -0.05) is 44.2 Å². The molecule has 0 heterocycles. The van der Waals surface area contributed by atoms with Crippen LogP contribution >= 0.6 is 0 Å². The van der Waals surface area contributed by atoms with Gasteiger partial charge in [0.25, 0.3) is 0 Å². The van der Waals surface area contributed by atoms with Crippen LogP contribution in [0, 0.1) is 0 Å². The molecule has 0 radical (unpaired) electrons. The lowest BCUT2D eigenvalue weighted by Gasteiger charge is -2.29. The summed E-state index contributed by atoms with van der Waals surface area (Å²) in [5, 5.41) is 2.94. The van der Waals surface area contributed by atoms with Crippen molar-refractivity contribution < 1.29 is 9.53 Å². The SMILES string of the molecule is COCC(=O)N[C@H](C)CC(C)(C)c1ccccc1. The van der Waals surface area contributed by atoms with Gasteiger partial charge in [-0.25, -0.2) is 0 Å². The van der Waals surface area contributed by atoms with E-state index in [2.05, 4.69) is 31.3 Å². The summed E-state index contributed by atoms with van der Waals surface area (Å²) < 4.78 is 4.81.